The van der Waals surface area contributed by atoms with E-state index in [0.717, 1.165) is 11.8 Å². The molecule has 1 aliphatic rings. The van der Waals surface area contributed by atoms with Crippen LogP contribution >= 0.6 is 23.4 Å². The van der Waals surface area contributed by atoms with Gasteiger partial charge in [0.1, 0.15) is 10.9 Å². The third kappa shape index (κ3) is 3.28. The van der Waals surface area contributed by atoms with Gasteiger partial charge in [0.25, 0.3) is 5.91 Å². The zero-order chi connectivity index (χ0) is 15.0. The maximum absolute atomic E-state index is 12.2. The Morgan fingerprint density at radius 2 is 2.00 bits per heavy atom. The number of thioether (sulfide) groups is 1. The van der Waals surface area contributed by atoms with Gasteiger partial charge < -0.3 is 0 Å². The third-order valence-corrected chi connectivity index (χ3v) is 5.36. The standard InChI is InChI=1S/C12H15ClN2O3S2/c1-12(8-6-4-3-5-7-8)9(14-11(13)19-12)10(16)15-20(2,17)18/h3-7,9,11,14H,1-2H3,(H,15,16). The molecule has 0 radical (unpaired) electrons. The lowest BCUT2D eigenvalue weighted by Gasteiger charge is -2.29. The normalized spacial score (nSPS) is 30.1. The molecule has 20 heavy (non-hydrogen) atoms. The van der Waals surface area contributed by atoms with Gasteiger partial charge in [-0.25, -0.2) is 8.42 Å². The van der Waals surface area contributed by atoms with Crippen molar-refractivity contribution in [2.75, 3.05) is 6.26 Å². The lowest BCUT2D eigenvalue weighted by Crippen LogP contribution is -2.51. The van der Waals surface area contributed by atoms with Crippen molar-refractivity contribution in [1.82, 2.24) is 10.0 Å². The summed E-state index contributed by atoms with van der Waals surface area (Å²) in [6.07, 6.45) is 0.949. The Morgan fingerprint density at radius 3 is 2.55 bits per heavy atom. The van der Waals surface area contributed by atoms with Gasteiger partial charge in [0, 0.05) is 0 Å². The second-order valence-electron chi connectivity index (χ2n) is 4.75. The van der Waals surface area contributed by atoms with Crippen molar-refractivity contribution >= 4 is 39.3 Å². The van der Waals surface area contributed by atoms with Crippen LogP contribution in [0.1, 0.15) is 12.5 Å². The molecule has 5 nitrogen and oxygen atoms in total. The van der Waals surface area contributed by atoms with E-state index in [1.54, 1.807) is 0 Å². The molecule has 8 heteroatoms. The number of benzene rings is 1. The monoisotopic (exact) mass is 334 g/mol. The number of halogens is 1. The van der Waals surface area contributed by atoms with E-state index in [1.807, 2.05) is 42.0 Å². The summed E-state index contributed by atoms with van der Waals surface area (Å²) in [6, 6.07) is 8.67. The molecule has 0 aliphatic carbocycles. The summed E-state index contributed by atoms with van der Waals surface area (Å²) < 4.78 is 23.8. The molecule has 1 aromatic rings. The highest BCUT2D eigenvalue weighted by molar-refractivity contribution is 8.02. The summed E-state index contributed by atoms with van der Waals surface area (Å²) in [4.78, 5) is 11.7. The molecule has 1 amide bonds. The molecular weight excluding hydrogens is 320 g/mol. The second-order valence-corrected chi connectivity index (χ2v) is 8.74. The molecule has 2 rings (SSSR count). The van der Waals surface area contributed by atoms with Gasteiger partial charge >= 0.3 is 0 Å². The lowest BCUT2D eigenvalue weighted by molar-refractivity contribution is -0.121. The first-order chi connectivity index (χ1) is 9.22. The van der Waals surface area contributed by atoms with Crippen LogP contribution in [0.5, 0.6) is 0 Å². The topological polar surface area (TPSA) is 75.3 Å². The van der Waals surface area contributed by atoms with Gasteiger partial charge in [-0.3, -0.25) is 14.8 Å². The van der Waals surface area contributed by atoms with E-state index in [4.69, 9.17) is 11.6 Å². The first kappa shape index (κ1) is 15.6. The van der Waals surface area contributed by atoms with Crippen molar-refractivity contribution in [2.24, 2.45) is 0 Å². The minimum atomic E-state index is -3.60. The van der Waals surface area contributed by atoms with Gasteiger partial charge in [0.2, 0.25) is 10.0 Å². The SMILES string of the molecule is CC1(c2ccccc2)SC(Cl)NC1C(=O)NS(C)(=O)=O. The summed E-state index contributed by atoms with van der Waals surface area (Å²) >= 11 is 7.46. The van der Waals surface area contributed by atoms with E-state index in [0.29, 0.717) is 0 Å². The van der Waals surface area contributed by atoms with Gasteiger partial charge in [-0.1, -0.05) is 41.9 Å². The van der Waals surface area contributed by atoms with Gasteiger partial charge in [0.05, 0.1) is 11.0 Å². The molecule has 0 aromatic heterocycles. The van der Waals surface area contributed by atoms with E-state index in [2.05, 4.69) is 5.32 Å². The molecule has 3 unspecified atom stereocenters. The number of nitrogens with one attached hydrogen (secondary N) is 2. The maximum Gasteiger partial charge on any atom is 0.252 e. The first-order valence-electron chi connectivity index (χ1n) is 5.87. The Labute approximate surface area is 127 Å². The number of alkyl halides is 1. The largest absolute Gasteiger partial charge is 0.280 e. The predicted octanol–water partition coefficient (Wildman–Crippen LogP) is 1.20. The van der Waals surface area contributed by atoms with E-state index < -0.39 is 31.6 Å². The molecule has 0 bridgehead atoms. The van der Waals surface area contributed by atoms with Crippen LogP contribution in [-0.4, -0.2) is 31.5 Å². The molecule has 1 heterocycles. The van der Waals surface area contributed by atoms with Gasteiger partial charge in [-0.2, -0.15) is 0 Å². The first-order valence-corrected chi connectivity index (χ1v) is 9.08. The van der Waals surface area contributed by atoms with Crippen LogP contribution in [0.2, 0.25) is 0 Å². The van der Waals surface area contributed by atoms with Crippen LogP contribution in [0.25, 0.3) is 0 Å². The number of carbonyl (C=O) groups is 1. The minimum absolute atomic E-state index is 0.462. The summed E-state index contributed by atoms with van der Waals surface area (Å²) in [5.74, 6) is -0.602. The number of carbonyl (C=O) groups excluding carboxylic acids is 1. The molecule has 1 fully saturated rings. The summed E-state index contributed by atoms with van der Waals surface area (Å²) in [5.41, 5.74) is 0.911. The maximum atomic E-state index is 12.2. The Bertz CT molecular complexity index is 608. The lowest BCUT2D eigenvalue weighted by atomic mass is 9.92. The van der Waals surface area contributed by atoms with Crippen molar-refractivity contribution in [3.05, 3.63) is 35.9 Å². The fourth-order valence-corrected chi connectivity index (χ4v) is 4.56. The zero-order valence-corrected chi connectivity index (χ0v) is 13.3. The van der Waals surface area contributed by atoms with Crippen LogP contribution in [0.15, 0.2) is 30.3 Å². The number of hydrogen-bond donors (Lipinski definition) is 2. The summed E-state index contributed by atoms with van der Waals surface area (Å²) in [5, 5.41) is 2.92. The average molecular weight is 335 g/mol. The molecule has 3 atom stereocenters. The Balaban J connectivity index is 2.34. The van der Waals surface area contributed by atoms with Crippen molar-refractivity contribution < 1.29 is 13.2 Å². The molecule has 1 aromatic carbocycles. The Morgan fingerprint density at radius 1 is 1.40 bits per heavy atom. The minimum Gasteiger partial charge on any atom is -0.280 e. The smallest absolute Gasteiger partial charge is 0.252 e. The molecule has 2 N–H and O–H groups in total. The number of rotatable bonds is 3. The van der Waals surface area contributed by atoms with Gasteiger partial charge in [-0.15, -0.1) is 11.8 Å². The molecule has 1 saturated heterocycles. The molecule has 110 valence electrons. The van der Waals surface area contributed by atoms with Crippen LogP contribution < -0.4 is 10.0 Å². The van der Waals surface area contributed by atoms with Gasteiger partial charge in [-0.05, 0) is 12.5 Å². The van der Waals surface area contributed by atoms with Gasteiger partial charge in [0.15, 0.2) is 0 Å². The highest BCUT2D eigenvalue weighted by Crippen LogP contribution is 2.47. The van der Waals surface area contributed by atoms with E-state index in [9.17, 15) is 13.2 Å². The third-order valence-electron chi connectivity index (χ3n) is 3.09. The second kappa shape index (κ2) is 5.55. The highest BCUT2D eigenvalue weighted by Gasteiger charge is 2.49. The molecule has 0 spiro atoms. The average Bonchev–Trinajstić information content (AvgIpc) is 2.65. The molecule has 0 saturated carbocycles. The fourth-order valence-electron chi connectivity index (χ4n) is 2.18. The Hall–Kier alpha value is -0.760. The Kier molecular flexibility index (Phi) is 4.34. The number of amides is 1. The predicted molar refractivity (Wildman–Crippen MR) is 80.9 cm³/mol. The number of hydrogen-bond acceptors (Lipinski definition) is 5. The van der Waals surface area contributed by atoms with Crippen molar-refractivity contribution in [1.29, 1.82) is 0 Å². The van der Waals surface area contributed by atoms with Crippen LogP contribution in [0.3, 0.4) is 0 Å². The van der Waals surface area contributed by atoms with Crippen LogP contribution in [0, 0.1) is 0 Å². The zero-order valence-electron chi connectivity index (χ0n) is 11.0. The summed E-state index contributed by atoms with van der Waals surface area (Å²) in [6.45, 7) is 1.87. The fraction of sp³-hybridized carbons (Fsp3) is 0.417. The van der Waals surface area contributed by atoms with E-state index in [-0.39, 0.29) is 0 Å². The van der Waals surface area contributed by atoms with E-state index in [1.165, 1.54) is 11.8 Å². The summed E-state index contributed by atoms with van der Waals surface area (Å²) in [7, 11) is -3.60. The molecule has 1 aliphatic heterocycles. The van der Waals surface area contributed by atoms with E-state index >= 15 is 0 Å². The van der Waals surface area contributed by atoms with Crippen LogP contribution in [-0.2, 0) is 19.6 Å². The quantitative estimate of drug-likeness (QED) is 0.642. The molecular formula is C12H15ClN2O3S2. The number of sulfonamides is 1. The highest BCUT2D eigenvalue weighted by atomic mass is 35.5. The van der Waals surface area contributed by atoms with Crippen molar-refractivity contribution in [2.45, 2.75) is 22.5 Å². The van der Waals surface area contributed by atoms with Crippen LogP contribution in [0.4, 0.5) is 0 Å². The van der Waals surface area contributed by atoms with Crippen molar-refractivity contribution in [3.8, 4) is 0 Å². The van der Waals surface area contributed by atoms with Crippen molar-refractivity contribution in [3.63, 3.8) is 0 Å².